The van der Waals surface area contributed by atoms with Gasteiger partial charge in [-0.2, -0.15) is 23.4 Å². The Labute approximate surface area is 145 Å². The van der Waals surface area contributed by atoms with Gasteiger partial charge in [0, 0.05) is 12.2 Å². The standard InChI is InChI=1S/C15H13F3N6O2/c16-15(17,18)9-1-3-10(4-2-9)22-14(26)23-11(7-19)12-13(20)24(5-6-25)8-21-12/h1-4,8,25H,5-6,20H2,(H,22,26)/b23-11+. The molecule has 0 radical (unpaired) electrons. The Morgan fingerprint density at radius 3 is 2.58 bits per heavy atom. The van der Waals surface area contributed by atoms with E-state index in [1.807, 2.05) is 0 Å². The zero-order valence-electron chi connectivity index (χ0n) is 13.2. The normalized spacial score (nSPS) is 11.9. The summed E-state index contributed by atoms with van der Waals surface area (Å²) in [4.78, 5) is 19.3. The molecular weight excluding hydrogens is 353 g/mol. The van der Waals surface area contributed by atoms with Crippen LogP contribution in [0.4, 0.5) is 29.5 Å². The third-order valence-electron chi connectivity index (χ3n) is 3.23. The van der Waals surface area contributed by atoms with E-state index < -0.39 is 17.8 Å². The smallest absolute Gasteiger partial charge is 0.395 e. The number of anilines is 2. The van der Waals surface area contributed by atoms with Crippen LogP contribution in [0, 0.1) is 11.3 Å². The molecule has 1 heterocycles. The maximum Gasteiger partial charge on any atom is 0.416 e. The topological polar surface area (TPSA) is 129 Å². The van der Waals surface area contributed by atoms with E-state index in [1.165, 1.54) is 10.9 Å². The quantitative estimate of drug-likeness (QED) is 0.713. The molecule has 136 valence electrons. The van der Waals surface area contributed by atoms with Gasteiger partial charge in [0.1, 0.15) is 17.6 Å². The number of nitrogens with one attached hydrogen (secondary N) is 1. The molecule has 0 saturated heterocycles. The van der Waals surface area contributed by atoms with Crippen LogP contribution in [0.5, 0.6) is 0 Å². The van der Waals surface area contributed by atoms with Gasteiger partial charge in [-0.3, -0.25) is 0 Å². The molecule has 0 aliphatic heterocycles. The third-order valence-corrected chi connectivity index (χ3v) is 3.23. The molecule has 0 aliphatic rings. The van der Waals surface area contributed by atoms with Crippen LogP contribution < -0.4 is 11.1 Å². The van der Waals surface area contributed by atoms with Crippen LogP contribution in [0.3, 0.4) is 0 Å². The van der Waals surface area contributed by atoms with Crippen molar-refractivity contribution in [3.8, 4) is 6.07 Å². The first-order valence-corrected chi connectivity index (χ1v) is 7.15. The van der Waals surface area contributed by atoms with Crippen LogP contribution in [0.15, 0.2) is 35.6 Å². The van der Waals surface area contributed by atoms with Gasteiger partial charge in [0.05, 0.1) is 18.5 Å². The van der Waals surface area contributed by atoms with Gasteiger partial charge in [-0.15, -0.1) is 0 Å². The lowest BCUT2D eigenvalue weighted by Crippen LogP contribution is -2.13. The minimum atomic E-state index is -4.49. The van der Waals surface area contributed by atoms with E-state index in [0.717, 1.165) is 24.3 Å². The highest BCUT2D eigenvalue weighted by Crippen LogP contribution is 2.29. The zero-order valence-corrected chi connectivity index (χ0v) is 13.2. The van der Waals surface area contributed by atoms with Crippen molar-refractivity contribution < 1.29 is 23.1 Å². The number of carbonyl (C=O) groups is 1. The number of hydrogen-bond donors (Lipinski definition) is 3. The van der Waals surface area contributed by atoms with Gasteiger partial charge in [-0.05, 0) is 24.3 Å². The number of carbonyl (C=O) groups excluding carboxylic acids is 1. The number of aliphatic imine (C=N–C) groups is 1. The molecule has 1 aromatic carbocycles. The fourth-order valence-electron chi connectivity index (χ4n) is 1.99. The summed E-state index contributed by atoms with van der Waals surface area (Å²) in [5.74, 6) is 0.0432. The monoisotopic (exact) mass is 366 g/mol. The molecule has 1 aromatic heterocycles. The summed E-state index contributed by atoms with van der Waals surface area (Å²) in [5.41, 5.74) is 4.57. The lowest BCUT2D eigenvalue weighted by Gasteiger charge is -2.07. The van der Waals surface area contributed by atoms with E-state index in [4.69, 9.17) is 16.1 Å². The number of hydrogen-bond acceptors (Lipinski definition) is 5. The number of nitrogens with two attached hydrogens (primary N) is 1. The number of halogens is 3. The second-order valence-electron chi connectivity index (χ2n) is 4.97. The number of alkyl halides is 3. The highest BCUT2D eigenvalue weighted by molar-refractivity contribution is 6.17. The van der Waals surface area contributed by atoms with Crippen LogP contribution in [-0.2, 0) is 12.7 Å². The maximum atomic E-state index is 12.5. The van der Waals surface area contributed by atoms with Gasteiger partial charge >= 0.3 is 12.2 Å². The summed E-state index contributed by atoms with van der Waals surface area (Å²) < 4.78 is 38.9. The summed E-state index contributed by atoms with van der Waals surface area (Å²) in [7, 11) is 0. The van der Waals surface area contributed by atoms with E-state index >= 15 is 0 Å². The largest absolute Gasteiger partial charge is 0.416 e. The van der Waals surface area contributed by atoms with Crippen molar-refractivity contribution in [2.75, 3.05) is 17.7 Å². The molecule has 2 rings (SSSR count). The molecule has 0 fully saturated rings. The molecule has 0 saturated carbocycles. The van der Waals surface area contributed by atoms with Crippen LogP contribution in [0.1, 0.15) is 11.3 Å². The Hall–Kier alpha value is -3.39. The molecule has 11 heteroatoms. The average Bonchev–Trinajstić information content (AvgIpc) is 2.93. The molecule has 2 aromatic rings. The first-order valence-electron chi connectivity index (χ1n) is 7.15. The summed E-state index contributed by atoms with van der Waals surface area (Å²) in [5, 5.41) is 20.3. The first kappa shape index (κ1) is 18.9. The van der Waals surface area contributed by atoms with Crippen molar-refractivity contribution in [3.05, 3.63) is 41.9 Å². The number of urea groups is 1. The van der Waals surface area contributed by atoms with Crippen molar-refractivity contribution in [2.24, 2.45) is 4.99 Å². The van der Waals surface area contributed by atoms with E-state index in [-0.39, 0.29) is 36.1 Å². The molecular formula is C15H13F3N6O2. The summed E-state index contributed by atoms with van der Waals surface area (Å²) in [6.45, 7) is -0.0528. The van der Waals surface area contributed by atoms with Crippen molar-refractivity contribution in [2.45, 2.75) is 12.7 Å². The lowest BCUT2D eigenvalue weighted by molar-refractivity contribution is -0.137. The minimum Gasteiger partial charge on any atom is -0.395 e. The zero-order chi connectivity index (χ0) is 19.3. The average molecular weight is 366 g/mol. The molecule has 0 atom stereocenters. The van der Waals surface area contributed by atoms with Gasteiger partial charge in [0.15, 0.2) is 5.71 Å². The molecule has 8 nitrogen and oxygen atoms in total. The number of aromatic nitrogens is 2. The summed E-state index contributed by atoms with van der Waals surface area (Å²) in [6, 6.07) is 4.44. The molecule has 2 amide bonds. The minimum absolute atomic E-state index is 0.0384. The summed E-state index contributed by atoms with van der Waals surface area (Å²) >= 11 is 0. The number of aliphatic hydroxyl groups is 1. The van der Waals surface area contributed by atoms with Crippen LogP contribution in [0.2, 0.25) is 0 Å². The van der Waals surface area contributed by atoms with Crippen molar-refractivity contribution in [1.82, 2.24) is 9.55 Å². The Morgan fingerprint density at radius 2 is 2.04 bits per heavy atom. The number of rotatable bonds is 4. The van der Waals surface area contributed by atoms with Gasteiger partial charge in [0.2, 0.25) is 0 Å². The number of amides is 2. The Bertz CT molecular complexity index is 865. The Kier molecular flexibility index (Phi) is 5.58. The summed E-state index contributed by atoms with van der Waals surface area (Å²) in [6.07, 6.45) is -3.21. The van der Waals surface area contributed by atoms with Crippen molar-refractivity contribution in [3.63, 3.8) is 0 Å². The number of nitrogen functional groups attached to an aromatic ring is 1. The van der Waals surface area contributed by atoms with E-state index in [2.05, 4.69) is 15.3 Å². The second-order valence-corrected chi connectivity index (χ2v) is 4.97. The Balaban J connectivity index is 2.17. The molecule has 26 heavy (non-hydrogen) atoms. The maximum absolute atomic E-state index is 12.5. The lowest BCUT2D eigenvalue weighted by atomic mass is 10.2. The van der Waals surface area contributed by atoms with Crippen LogP contribution in [0.25, 0.3) is 0 Å². The number of nitrogens with zero attached hydrogens (tertiary/aromatic N) is 4. The van der Waals surface area contributed by atoms with E-state index in [1.54, 1.807) is 6.07 Å². The Morgan fingerprint density at radius 1 is 1.38 bits per heavy atom. The third kappa shape index (κ3) is 4.37. The van der Waals surface area contributed by atoms with Crippen molar-refractivity contribution in [1.29, 1.82) is 5.26 Å². The fraction of sp³-hybridized carbons (Fsp3) is 0.200. The highest BCUT2D eigenvalue weighted by Gasteiger charge is 2.30. The van der Waals surface area contributed by atoms with Crippen molar-refractivity contribution >= 4 is 23.2 Å². The van der Waals surface area contributed by atoms with E-state index in [0.29, 0.717) is 0 Å². The number of imidazole rings is 1. The molecule has 0 aliphatic carbocycles. The number of nitriles is 1. The predicted molar refractivity (Wildman–Crippen MR) is 86.3 cm³/mol. The molecule has 0 spiro atoms. The molecule has 4 N–H and O–H groups in total. The highest BCUT2D eigenvalue weighted by atomic mass is 19.4. The van der Waals surface area contributed by atoms with Gasteiger partial charge in [-0.1, -0.05) is 0 Å². The van der Waals surface area contributed by atoms with Crippen LogP contribution in [-0.4, -0.2) is 33.0 Å². The van der Waals surface area contributed by atoms with Crippen LogP contribution >= 0.6 is 0 Å². The fourth-order valence-corrected chi connectivity index (χ4v) is 1.99. The van der Waals surface area contributed by atoms with Gasteiger partial charge in [0.25, 0.3) is 0 Å². The number of benzene rings is 1. The van der Waals surface area contributed by atoms with E-state index in [9.17, 15) is 18.0 Å². The second kappa shape index (κ2) is 7.66. The van der Waals surface area contributed by atoms with Gasteiger partial charge < -0.3 is 20.7 Å². The predicted octanol–water partition coefficient (Wildman–Crippen LogP) is 2.02. The SMILES string of the molecule is N#C/C(=N\C(=O)Nc1ccc(C(F)(F)F)cc1)c1ncn(CCO)c1N. The molecule has 0 unspecified atom stereocenters. The van der Waals surface area contributed by atoms with Gasteiger partial charge in [-0.25, -0.2) is 9.78 Å². The number of aliphatic hydroxyl groups excluding tert-OH is 1. The first-order chi connectivity index (χ1) is 12.3. The molecule has 0 bridgehead atoms.